The summed E-state index contributed by atoms with van der Waals surface area (Å²) in [6.07, 6.45) is 13.4. The first-order chi connectivity index (χ1) is 12.3. The third kappa shape index (κ3) is 3.61. The maximum absolute atomic E-state index is 4.69. The van der Waals surface area contributed by atoms with Gasteiger partial charge < -0.3 is 0 Å². The van der Waals surface area contributed by atoms with E-state index in [0.717, 1.165) is 24.3 Å². The van der Waals surface area contributed by atoms with Crippen LogP contribution >= 0.6 is 0 Å². The Bertz CT molecular complexity index is 810. The van der Waals surface area contributed by atoms with Crippen LogP contribution in [0.2, 0.25) is 0 Å². The van der Waals surface area contributed by atoms with Crippen molar-refractivity contribution in [3.8, 4) is 11.3 Å². The molecule has 3 aromatic heterocycles. The molecule has 128 valence electrons. The van der Waals surface area contributed by atoms with Gasteiger partial charge in [0.15, 0.2) is 0 Å². The highest BCUT2D eigenvalue weighted by atomic mass is 15.2. The lowest BCUT2D eigenvalue weighted by Crippen LogP contribution is -2.33. The molecule has 0 amide bonds. The number of piperidine rings is 1. The molecule has 3 aromatic rings. The van der Waals surface area contributed by atoms with Gasteiger partial charge in [0.1, 0.15) is 0 Å². The summed E-state index contributed by atoms with van der Waals surface area (Å²) in [5.74, 6) is 0. The number of hydrogen-bond acceptors (Lipinski definition) is 4. The highest BCUT2D eigenvalue weighted by molar-refractivity contribution is 5.56. The van der Waals surface area contributed by atoms with Gasteiger partial charge in [-0.3, -0.25) is 19.5 Å². The molecule has 0 unspecified atom stereocenters. The molecule has 1 fully saturated rings. The van der Waals surface area contributed by atoms with Crippen LogP contribution in [-0.4, -0.2) is 31.2 Å². The molecule has 0 aromatic carbocycles. The van der Waals surface area contributed by atoms with Crippen molar-refractivity contribution in [2.75, 3.05) is 6.54 Å². The third-order valence-corrected chi connectivity index (χ3v) is 4.89. The summed E-state index contributed by atoms with van der Waals surface area (Å²) >= 11 is 0. The maximum Gasteiger partial charge on any atom is 0.0733 e. The molecule has 1 saturated heterocycles. The van der Waals surface area contributed by atoms with Crippen LogP contribution in [0.25, 0.3) is 11.3 Å². The second-order valence-electron chi connectivity index (χ2n) is 6.72. The summed E-state index contributed by atoms with van der Waals surface area (Å²) in [4.78, 5) is 11.5. The summed E-state index contributed by atoms with van der Waals surface area (Å²) in [5, 5.41) is 4.23. The fourth-order valence-electron chi connectivity index (χ4n) is 3.61. The Hall–Kier alpha value is -2.53. The van der Waals surface area contributed by atoms with Crippen LogP contribution in [0.5, 0.6) is 0 Å². The van der Waals surface area contributed by atoms with E-state index in [-0.39, 0.29) is 0 Å². The van der Waals surface area contributed by atoms with Gasteiger partial charge in [-0.25, -0.2) is 0 Å². The average Bonchev–Trinajstić information content (AvgIpc) is 3.10. The average molecular weight is 333 g/mol. The van der Waals surface area contributed by atoms with Crippen LogP contribution in [0, 0.1) is 0 Å². The van der Waals surface area contributed by atoms with Crippen LogP contribution in [0.15, 0.2) is 55.2 Å². The number of aromatic nitrogens is 4. The lowest BCUT2D eigenvalue weighted by molar-refractivity contribution is 0.140. The van der Waals surface area contributed by atoms with Gasteiger partial charge >= 0.3 is 0 Å². The van der Waals surface area contributed by atoms with E-state index in [1.165, 1.54) is 30.4 Å². The lowest BCUT2D eigenvalue weighted by Gasteiger charge is -2.36. The number of hydrogen-bond donors (Lipinski definition) is 0. The van der Waals surface area contributed by atoms with Crippen LogP contribution in [-0.2, 0) is 13.6 Å². The van der Waals surface area contributed by atoms with Gasteiger partial charge in [0.25, 0.3) is 0 Å². The predicted molar refractivity (Wildman–Crippen MR) is 97.7 cm³/mol. The molecule has 1 aliphatic rings. The summed E-state index contributed by atoms with van der Waals surface area (Å²) < 4.78 is 1.81. The van der Waals surface area contributed by atoms with Gasteiger partial charge in [0.05, 0.1) is 11.9 Å². The Morgan fingerprint density at radius 2 is 2.08 bits per heavy atom. The molecule has 5 heteroatoms. The molecule has 25 heavy (non-hydrogen) atoms. The number of likely N-dealkylation sites (tertiary alicyclic amines) is 1. The minimum Gasteiger partial charge on any atom is -0.292 e. The molecule has 0 saturated carbocycles. The van der Waals surface area contributed by atoms with Crippen LogP contribution in [0.1, 0.15) is 36.4 Å². The van der Waals surface area contributed by atoms with E-state index in [1.54, 1.807) is 0 Å². The van der Waals surface area contributed by atoms with Gasteiger partial charge in [-0.1, -0.05) is 18.6 Å². The summed E-state index contributed by atoms with van der Waals surface area (Å²) in [6.45, 7) is 2.08. The fraction of sp³-hybridized carbons (Fsp3) is 0.350. The van der Waals surface area contributed by atoms with E-state index in [2.05, 4.69) is 38.2 Å². The zero-order valence-electron chi connectivity index (χ0n) is 14.5. The lowest BCUT2D eigenvalue weighted by atomic mass is 9.95. The number of pyridine rings is 2. The molecule has 4 rings (SSSR count). The van der Waals surface area contributed by atoms with Gasteiger partial charge in [0.2, 0.25) is 0 Å². The summed E-state index contributed by atoms with van der Waals surface area (Å²) in [6, 6.07) is 8.94. The summed E-state index contributed by atoms with van der Waals surface area (Å²) in [7, 11) is 1.93. The second-order valence-corrected chi connectivity index (χ2v) is 6.72. The zero-order chi connectivity index (χ0) is 17.1. The van der Waals surface area contributed by atoms with Crippen LogP contribution in [0.4, 0.5) is 0 Å². The van der Waals surface area contributed by atoms with Crippen LogP contribution in [0.3, 0.4) is 0 Å². The largest absolute Gasteiger partial charge is 0.292 e. The molecular weight excluding hydrogens is 310 g/mol. The summed E-state index contributed by atoms with van der Waals surface area (Å²) in [5.41, 5.74) is 4.61. The van der Waals surface area contributed by atoms with Gasteiger partial charge in [-0.15, -0.1) is 0 Å². The number of nitrogens with zero attached hydrogens (tertiary/aromatic N) is 5. The Morgan fingerprint density at radius 3 is 2.80 bits per heavy atom. The molecule has 1 aliphatic heterocycles. The van der Waals surface area contributed by atoms with Crippen molar-refractivity contribution >= 4 is 0 Å². The third-order valence-electron chi connectivity index (χ3n) is 4.89. The van der Waals surface area contributed by atoms with Crippen molar-refractivity contribution in [2.45, 2.75) is 31.8 Å². The molecule has 5 nitrogen and oxygen atoms in total. The van der Waals surface area contributed by atoms with Crippen molar-refractivity contribution in [3.05, 3.63) is 66.4 Å². The first-order valence-corrected chi connectivity index (χ1v) is 8.87. The zero-order valence-corrected chi connectivity index (χ0v) is 14.5. The number of rotatable bonds is 4. The Morgan fingerprint density at radius 1 is 1.12 bits per heavy atom. The first kappa shape index (κ1) is 16.0. The normalized spacial score (nSPS) is 18.4. The van der Waals surface area contributed by atoms with Crippen molar-refractivity contribution < 1.29 is 0 Å². The molecule has 0 radical (unpaired) electrons. The Balaban J connectivity index is 1.54. The van der Waals surface area contributed by atoms with E-state index < -0.39 is 0 Å². The van der Waals surface area contributed by atoms with E-state index in [1.807, 2.05) is 48.8 Å². The first-order valence-electron chi connectivity index (χ1n) is 8.87. The molecule has 0 aliphatic carbocycles. The van der Waals surface area contributed by atoms with Gasteiger partial charge in [-0.2, -0.15) is 5.10 Å². The highest BCUT2D eigenvalue weighted by Crippen LogP contribution is 2.32. The van der Waals surface area contributed by atoms with Gasteiger partial charge in [0, 0.05) is 50.0 Å². The standard InChI is InChI=1S/C20H23N5/c1-24-15-18(13-23-24)19-8-7-17(12-22-19)20-6-2-3-10-25(20)14-16-5-4-9-21-11-16/h4-5,7-9,11-13,15,20H,2-3,6,10,14H2,1H3/t20-/m1/s1. The number of aryl methyl sites for hydroxylation is 1. The monoisotopic (exact) mass is 333 g/mol. The topological polar surface area (TPSA) is 46.8 Å². The van der Waals surface area contributed by atoms with Crippen LogP contribution < -0.4 is 0 Å². The molecule has 0 spiro atoms. The minimum absolute atomic E-state index is 0.435. The highest BCUT2D eigenvalue weighted by Gasteiger charge is 2.24. The van der Waals surface area contributed by atoms with Crippen molar-refractivity contribution in [1.29, 1.82) is 0 Å². The van der Waals surface area contributed by atoms with Crippen molar-refractivity contribution in [2.24, 2.45) is 7.05 Å². The smallest absolute Gasteiger partial charge is 0.0733 e. The fourth-order valence-corrected chi connectivity index (χ4v) is 3.61. The maximum atomic E-state index is 4.69. The molecule has 0 N–H and O–H groups in total. The molecular formula is C20H23N5. The van der Waals surface area contributed by atoms with E-state index in [9.17, 15) is 0 Å². The Labute approximate surface area is 148 Å². The van der Waals surface area contributed by atoms with Gasteiger partial charge in [-0.05, 0) is 42.6 Å². The molecule has 4 heterocycles. The van der Waals surface area contributed by atoms with Crippen molar-refractivity contribution in [1.82, 2.24) is 24.6 Å². The van der Waals surface area contributed by atoms with E-state index >= 15 is 0 Å². The van der Waals surface area contributed by atoms with Crippen molar-refractivity contribution in [3.63, 3.8) is 0 Å². The van der Waals surface area contributed by atoms with E-state index in [4.69, 9.17) is 0 Å². The quantitative estimate of drug-likeness (QED) is 0.732. The molecule has 1 atom stereocenters. The Kier molecular flexibility index (Phi) is 4.57. The predicted octanol–water partition coefficient (Wildman–Crippen LogP) is 3.60. The second kappa shape index (κ2) is 7.15. The minimum atomic E-state index is 0.435. The molecule has 0 bridgehead atoms. The van der Waals surface area contributed by atoms with E-state index in [0.29, 0.717) is 6.04 Å². The SMILES string of the molecule is Cn1cc(-c2ccc([C@H]3CCCCN3Cc3cccnc3)cn2)cn1.